The van der Waals surface area contributed by atoms with E-state index in [0.717, 1.165) is 6.07 Å². The van der Waals surface area contributed by atoms with Crippen LogP contribution in [0.5, 0.6) is 11.5 Å². The molecule has 0 fully saturated rings. The van der Waals surface area contributed by atoms with Gasteiger partial charge in [-0.1, -0.05) is 0 Å². The third-order valence-corrected chi connectivity index (χ3v) is 4.91. The molecule has 0 atom stereocenters. The van der Waals surface area contributed by atoms with E-state index in [1.54, 1.807) is 0 Å². The maximum Gasteiger partial charge on any atom is 0.269 e. The van der Waals surface area contributed by atoms with Crippen LogP contribution in [0.3, 0.4) is 0 Å². The van der Waals surface area contributed by atoms with Crippen LogP contribution in [0.25, 0.3) is 5.69 Å². The van der Waals surface area contributed by atoms with Crippen LogP contribution >= 0.6 is 0 Å². The number of nitrogens with zero attached hydrogens (tertiary/aromatic N) is 2. The fourth-order valence-electron chi connectivity index (χ4n) is 3.19. The van der Waals surface area contributed by atoms with Crippen LogP contribution in [0.2, 0.25) is 0 Å². The minimum atomic E-state index is -0.816. The molecule has 176 valence electrons. The summed E-state index contributed by atoms with van der Waals surface area (Å²) in [6.45, 7) is 0. The molecule has 10 heteroatoms. The minimum absolute atomic E-state index is 0.118. The van der Waals surface area contributed by atoms with E-state index in [1.165, 1.54) is 84.7 Å². The lowest BCUT2D eigenvalue weighted by atomic mass is 10.2. The molecular formula is C25H18F2N4O4. The predicted molar refractivity (Wildman–Crippen MR) is 124 cm³/mol. The summed E-state index contributed by atoms with van der Waals surface area (Å²) in [5.41, 5.74) is -0.547. The number of halogens is 2. The molecular weight excluding hydrogens is 458 g/mol. The number of ether oxygens (including phenoxy) is 1. The van der Waals surface area contributed by atoms with Gasteiger partial charge in [0.05, 0.1) is 5.69 Å². The van der Waals surface area contributed by atoms with Crippen molar-refractivity contribution in [1.29, 1.82) is 0 Å². The number of hydrogen-bond acceptors (Lipinski definition) is 5. The summed E-state index contributed by atoms with van der Waals surface area (Å²) < 4.78 is 34.6. The van der Waals surface area contributed by atoms with E-state index in [0.29, 0.717) is 5.69 Å². The molecule has 0 radical (unpaired) electrons. The number of amides is 2. The highest BCUT2D eigenvalue weighted by Gasteiger charge is 2.16. The molecule has 0 saturated heterocycles. The molecule has 2 aromatic carbocycles. The summed E-state index contributed by atoms with van der Waals surface area (Å²) in [4.78, 5) is 41.1. The van der Waals surface area contributed by atoms with Crippen molar-refractivity contribution in [2.24, 2.45) is 0 Å². The Bertz CT molecular complexity index is 1470. The number of hydrogen-bond donors (Lipinski definition) is 2. The lowest BCUT2D eigenvalue weighted by Gasteiger charge is -2.11. The Balaban J connectivity index is 1.52. The molecule has 2 N–H and O–H groups in total. The zero-order valence-electron chi connectivity index (χ0n) is 18.3. The Morgan fingerprint density at radius 3 is 2.40 bits per heavy atom. The van der Waals surface area contributed by atoms with Crippen molar-refractivity contribution >= 4 is 17.5 Å². The van der Waals surface area contributed by atoms with E-state index >= 15 is 0 Å². The zero-order valence-corrected chi connectivity index (χ0v) is 18.3. The Morgan fingerprint density at radius 1 is 0.943 bits per heavy atom. The molecule has 0 spiro atoms. The molecule has 0 aliphatic rings. The van der Waals surface area contributed by atoms with Crippen molar-refractivity contribution in [3.05, 3.63) is 112 Å². The Morgan fingerprint density at radius 2 is 1.69 bits per heavy atom. The SMILES string of the molecule is CNC(=O)c1cc(Oc2ccc(NC(=O)c3cccn(-c4ccc(F)cc4)c3=O)c(F)c2)ccn1. The zero-order chi connectivity index (χ0) is 24.9. The number of aromatic nitrogens is 2. The highest BCUT2D eigenvalue weighted by molar-refractivity contribution is 6.04. The average Bonchev–Trinajstić information content (AvgIpc) is 2.86. The first-order valence-electron chi connectivity index (χ1n) is 10.3. The van der Waals surface area contributed by atoms with Crippen LogP contribution in [-0.4, -0.2) is 28.4 Å². The van der Waals surface area contributed by atoms with E-state index in [1.807, 2.05) is 0 Å². The number of carbonyl (C=O) groups is 2. The summed E-state index contributed by atoms with van der Waals surface area (Å²) in [5, 5.41) is 4.82. The van der Waals surface area contributed by atoms with Gasteiger partial charge in [-0.25, -0.2) is 8.78 Å². The van der Waals surface area contributed by atoms with Gasteiger partial charge < -0.3 is 15.4 Å². The standard InChI is InChI=1S/C25H18F2N4O4/c1-28-24(33)22-14-18(10-11-29-22)35-17-8-9-21(20(27)13-17)30-23(32)19-3-2-12-31(25(19)34)16-6-4-15(26)5-7-16/h2-14H,1H3,(H,28,33)(H,30,32). The largest absolute Gasteiger partial charge is 0.457 e. The number of pyridine rings is 2. The second-order valence-corrected chi connectivity index (χ2v) is 7.23. The maximum atomic E-state index is 14.7. The van der Waals surface area contributed by atoms with E-state index in [-0.39, 0.29) is 28.4 Å². The summed E-state index contributed by atoms with van der Waals surface area (Å²) in [7, 11) is 1.47. The minimum Gasteiger partial charge on any atom is -0.457 e. The van der Waals surface area contributed by atoms with E-state index in [4.69, 9.17) is 4.74 Å². The topological polar surface area (TPSA) is 102 Å². The first-order chi connectivity index (χ1) is 16.9. The number of carbonyl (C=O) groups excluding carboxylic acids is 2. The van der Waals surface area contributed by atoms with Gasteiger partial charge in [0.1, 0.15) is 34.4 Å². The molecule has 0 saturated carbocycles. The molecule has 0 bridgehead atoms. The average molecular weight is 476 g/mol. The first-order valence-corrected chi connectivity index (χ1v) is 10.3. The van der Waals surface area contributed by atoms with Crippen molar-refractivity contribution in [2.75, 3.05) is 12.4 Å². The summed E-state index contributed by atoms with van der Waals surface area (Å²) in [6, 6.07) is 14.6. The highest BCUT2D eigenvalue weighted by Crippen LogP contribution is 2.26. The normalized spacial score (nSPS) is 10.5. The van der Waals surface area contributed by atoms with Crippen molar-refractivity contribution in [3.63, 3.8) is 0 Å². The van der Waals surface area contributed by atoms with Crippen LogP contribution in [0.1, 0.15) is 20.8 Å². The van der Waals surface area contributed by atoms with Crippen molar-refractivity contribution in [3.8, 4) is 17.2 Å². The van der Waals surface area contributed by atoms with E-state index in [9.17, 15) is 23.2 Å². The van der Waals surface area contributed by atoms with E-state index < -0.39 is 29.0 Å². The molecule has 8 nitrogen and oxygen atoms in total. The molecule has 0 aliphatic carbocycles. The molecule has 35 heavy (non-hydrogen) atoms. The first kappa shape index (κ1) is 23.3. The van der Waals surface area contributed by atoms with Crippen molar-refractivity contribution in [1.82, 2.24) is 14.9 Å². The maximum absolute atomic E-state index is 14.7. The van der Waals surface area contributed by atoms with Gasteiger partial charge in [-0.3, -0.25) is 23.9 Å². The third-order valence-electron chi connectivity index (χ3n) is 4.91. The summed E-state index contributed by atoms with van der Waals surface area (Å²) in [6.07, 6.45) is 2.82. The second kappa shape index (κ2) is 9.96. The molecule has 2 heterocycles. The molecule has 4 rings (SSSR count). The Kier molecular flexibility index (Phi) is 6.63. The second-order valence-electron chi connectivity index (χ2n) is 7.23. The van der Waals surface area contributed by atoms with E-state index in [2.05, 4.69) is 15.6 Å². The number of anilines is 1. The Hall–Kier alpha value is -4.86. The number of benzene rings is 2. The molecule has 2 amide bonds. The number of nitrogens with one attached hydrogen (secondary N) is 2. The van der Waals surface area contributed by atoms with Crippen molar-refractivity contribution < 1.29 is 23.1 Å². The van der Waals surface area contributed by atoms with Crippen LogP contribution in [0.15, 0.2) is 83.9 Å². The van der Waals surface area contributed by atoms with Gasteiger partial charge in [0.15, 0.2) is 0 Å². The molecule has 4 aromatic rings. The van der Waals surface area contributed by atoms with Gasteiger partial charge in [0.25, 0.3) is 17.4 Å². The number of rotatable bonds is 6. The van der Waals surface area contributed by atoms with Gasteiger partial charge in [-0.05, 0) is 54.6 Å². The predicted octanol–water partition coefficient (Wildman–Crippen LogP) is 3.91. The van der Waals surface area contributed by atoms with Gasteiger partial charge >= 0.3 is 0 Å². The smallest absolute Gasteiger partial charge is 0.269 e. The Labute approximate surface area is 197 Å². The quantitative estimate of drug-likeness (QED) is 0.439. The lowest BCUT2D eigenvalue weighted by Crippen LogP contribution is -2.28. The monoisotopic (exact) mass is 476 g/mol. The van der Waals surface area contributed by atoms with Gasteiger partial charge in [0.2, 0.25) is 0 Å². The molecule has 0 aliphatic heterocycles. The highest BCUT2D eigenvalue weighted by atomic mass is 19.1. The van der Waals surface area contributed by atoms with Gasteiger partial charge in [-0.2, -0.15) is 0 Å². The fourth-order valence-corrected chi connectivity index (χ4v) is 3.19. The lowest BCUT2D eigenvalue weighted by molar-refractivity contribution is 0.0957. The molecule has 0 unspecified atom stereocenters. The third kappa shape index (κ3) is 5.22. The van der Waals surface area contributed by atoms with Crippen LogP contribution in [-0.2, 0) is 0 Å². The van der Waals surface area contributed by atoms with Crippen LogP contribution in [0.4, 0.5) is 14.5 Å². The summed E-state index contributed by atoms with van der Waals surface area (Å²) in [5.74, 6) is -2.10. The van der Waals surface area contributed by atoms with Crippen molar-refractivity contribution in [2.45, 2.75) is 0 Å². The fraction of sp³-hybridized carbons (Fsp3) is 0.0400. The van der Waals surface area contributed by atoms with Crippen LogP contribution in [0, 0.1) is 11.6 Å². The van der Waals surface area contributed by atoms with Gasteiger partial charge in [0, 0.05) is 37.3 Å². The van der Waals surface area contributed by atoms with Crippen LogP contribution < -0.4 is 20.9 Å². The van der Waals surface area contributed by atoms with Gasteiger partial charge in [-0.15, -0.1) is 0 Å². The molecule has 2 aromatic heterocycles. The summed E-state index contributed by atoms with van der Waals surface area (Å²) >= 11 is 0.